The molecule has 0 spiro atoms. The highest BCUT2D eigenvalue weighted by Crippen LogP contribution is 2.30. The average molecular weight is 312 g/mol. The second kappa shape index (κ2) is 6.02. The number of pyridine rings is 1. The summed E-state index contributed by atoms with van der Waals surface area (Å²) in [6, 6.07) is 2.57. The first-order valence-electron chi connectivity index (χ1n) is 6.74. The highest BCUT2D eigenvalue weighted by molar-refractivity contribution is 9.10. The van der Waals surface area contributed by atoms with Gasteiger partial charge in [-0.05, 0) is 53.2 Å². The summed E-state index contributed by atoms with van der Waals surface area (Å²) in [7, 11) is 0. The highest BCUT2D eigenvalue weighted by Gasteiger charge is 2.28. The Morgan fingerprint density at radius 1 is 1.56 bits per heavy atom. The van der Waals surface area contributed by atoms with Crippen molar-refractivity contribution in [1.29, 1.82) is 0 Å². The van der Waals surface area contributed by atoms with Gasteiger partial charge in [0.1, 0.15) is 5.82 Å². The molecule has 0 radical (unpaired) electrons. The van der Waals surface area contributed by atoms with Crippen molar-refractivity contribution in [2.75, 3.05) is 18.0 Å². The first-order valence-corrected chi connectivity index (χ1v) is 7.53. The second-order valence-corrected chi connectivity index (χ2v) is 6.09. The van der Waals surface area contributed by atoms with Gasteiger partial charge in [0, 0.05) is 29.8 Å². The first-order chi connectivity index (χ1) is 8.65. The summed E-state index contributed by atoms with van der Waals surface area (Å²) in [4.78, 5) is 6.97. The van der Waals surface area contributed by atoms with Crippen molar-refractivity contribution >= 4 is 21.7 Å². The zero-order valence-electron chi connectivity index (χ0n) is 11.2. The van der Waals surface area contributed by atoms with Crippen LogP contribution in [0, 0.1) is 12.8 Å². The largest absolute Gasteiger partial charge is 0.352 e. The van der Waals surface area contributed by atoms with Crippen LogP contribution in [0.3, 0.4) is 0 Å². The summed E-state index contributed by atoms with van der Waals surface area (Å²) in [6.45, 7) is 6.19. The van der Waals surface area contributed by atoms with Crippen LogP contribution in [0.25, 0.3) is 0 Å². The van der Waals surface area contributed by atoms with Crippen molar-refractivity contribution in [3.05, 3.63) is 22.3 Å². The molecule has 3 nitrogen and oxygen atoms in total. The van der Waals surface area contributed by atoms with Gasteiger partial charge in [-0.25, -0.2) is 4.98 Å². The van der Waals surface area contributed by atoms with Crippen molar-refractivity contribution in [2.24, 2.45) is 11.7 Å². The number of piperidine rings is 1. The Hall–Kier alpha value is -0.610. The third-order valence-electron chi connectivity index (χ3n) is 3.96. The van der Waals surface area contributed by atoms with E-state index >= 15 is 0 Å². The van der Waals surface area contributed by atoms with Crippen molar-refractivity contribution in [1.82, 2.24) is 4.98 Å². The van der Waals surface area contributed by atoms with Gasteiger partial charge in [-0.2, -0.15) is 0 Å². The summed E-state index contributed by atoms with van der Waals surface area (Å²) in [5.41, 5.74) is 7.17. The fourth-order valence-electron chi connectivity index (χ4n) is 2.84. The van der Waals surface area contributed by atoms with Crippen molar-refractivity contribution in [2.45, 2.75) is 39.2 Å². The van der Waals surface area contributed by atoms with Crippen LogP contribution in [0.15, 0.2) is 16.7 Å². The molecule has 1 aliphatic rings. The van der Waals surface area contributed by atoms with E-state index in [1.165, 1.54) is 24.8 Å². The van der Waals surface area contributed by atoms with Crippen molar-refractivity contribution in [3.8, 4) is 0 Å². The Balaban J connectivity index is 2.21. The molecule has 0 saturated carbocycles. The van der Waals surface area contributed by atoms with E-state index in [4.69, 9.17) is 5.73 Å². The molecule has 0 aliphatic carbocycles. The lowest BCUT2D eigenvalue weighted by atomic mass is 9.88. The molecule has 2 unspecified atom stereocenters. The topological polar surface area (TPSA) is 42.2 Å². The maximum Gasteiger partial charge on any atom is 0.131 e. The summed E-state index contributed by atoms with van der Waals surface area (Å²) in [5.74, 6) is 1.92. The predicted octanol–water partition coefficient (Wildman–Crippen LogP) is 3.11. The highest BCUT2D eigenvalue weighted by atomic mass is 79.9. The molecule has 1 aromatic rings. The zero-order chi connectivity index (χ0) is 13.1. The normalized spacial score (nSPS) is 24.3. The van der Waals surface area contributed by atoms with Crippen LogP contribution in [0.5, 0.6) is 0 Å². The van der Waals surface area contributed by atoms with Gasteiger partial charge in [0.15, 0.2) is 0 Å². The number of halogens is 1. The third-order valence-corrected chi connectivity index (χ3v) is 4.40. The van der Waals surface area contributed by atoms with E-state index in [-0.39, 0.29) is 0 Å². The van der Waals surface area contributed by atoms with Crippen LogP contribution in [-0.2, 0) is 0 Å². The third kappa shape index (κ3) is 2.86. The predicted molar refractivity (Wildman–Crippen MR) is 79.9 cm³/mol. The fourth-order valence-corrected chi connectivity index (χ4v) is 3.29. The monoisotopic (exact) mass is 311 g/mol. The molecule has 4 heteroatoms. The summed E-state index contributed by atoms with van der Waals surface area (Å²) >= 11 is 3.47. The Labute approximate surface area is 118 Å². The van der Waals surface area contributed by atoms with Gasteiger partial charge in [-0.1, -0.05) is 13.3 Å². The summed E-state index contributed by atoms with van der Waals surface area (Å²) in [5, 5.41) is 0. The Morgan fingerprint density at radius 2 is 2.33 bits per heavy atom. The lowest BCUT2D eigenvalue weighted by Crippen LogP contribution is -2.47. The maximum atomic E-state index is 5.95. The number of hydrogen-bond donors (Lipinski definition) is 1. The minimum atomic E-state index is 0.441. The molecule has 100 valence electrons. The van der Waals surface area contributed by atoms with Crippen LogP contribution in [0.4, 0.5) is 5.82 Å². The number of aromatic nitrogens is 1. The molecule has 1 saturated heterocycles. The molecule has 2 N–H and O–H groups in total. The number of aryl methyl sites for hydroxylation is 1. The van der Waals surface area contributed by atoms with E-state index in [1.54, 1.807) is 0 Å². The molecule has 1 aromatic heterocycles. The maximum absolute atomic E-state index is 5.95. The number of rotatable bonds is 3. The molecular formula is C14H22BrN3. The van der Waals surface area contributed by atoms with E-state index in [9.17, 15) is 0 Å². The fraction of sp³-hybridized carbons (Fsp3) is 0.643. The van der Waals surface area contributed by atoms with Gasteiger partial charge >= 0.3 is 0 Å². The molecule has 18 heavy (non-hydrogen) atoms. The van der Waals surface area contributed by atoms with Gasteiger partial charge in [0.05, 0.1) is 0 Å². The molecule has 2 rings (SSSR count). The molecule has 1 fully saturated rings. The standard InChI is InChI=1S/C14H22BrN3/c1-3-11-4-5-18(13(7-11)8-16)14-10(2)6-12(15)9-17-14/h6,9,11,13H,3-5,7-8,16H2,1-2H3. The van der Waals surface area contributed by atoms with E-state index in [2.05, 4.69) is 45.7 Å². The smallest absolute Gasteiger partial charge is 0.131 e. The van der Waals surface area contributed by atoms with E-state index < -0.39 is 0 Å². The average Bonchev–Trinajstić information content (AvgIpc) is 2.38. The van der Waals surface area contributed by atoms with Crippen LogP contribution in [0.2, 0.25) is 0 Å². The van der Waals surface area contributed by atoms with Crippen LogP contribution < -0.4 is 10.6 Å². The Kier molecular flexibility index (Phi) is 4.62. The van der Waals surface area contributed by atoms with E-state index in [0.717, 1.165) is 22.8 Å². The van der Waals surface area contributed by atoms with E-state index in [0.29, 0.717) is 12.6 Å². The van der Waals surface area contributed by atoms with E-state index in [1.807, 2.05) is 6.20 Å². The van der Waals surface area contributed by atoms with Crippen LogP contribution >= 0.6 is 15.9 Å². The van der Waals surface area contributed by atoms with Gasteiger partial charge in [0.25, 0.3) is 0 Å². The quantitative estimate of drug-likeness (QED) is 0.932. The SMILES string of the molecule is CCC1CCN(c2ncc(Br)cc2C)C(CN)C1. The Bertz CT molecular complexity index is 408. The Morgan fingerprint density at radius 3 is 2.94 bits per heavy atom. The minimum Gasteiger partial charge on any atom is -0.352 e. The summed E-state index contributed by atoms with van der Waals surface area (Å²) < 4.78 is 1.04. The van der Waals surface area contributed by atoms with Crippen LogP contribution in [-0.4, -0.2) is 24.1 Å². The molecule has 0 aromatic carbocycles. The summed E-state index contributed by atoms with van der Waals surface area (Å²) in [6.07, 6.45) is 5.59. The first kappa shape index (κ1) is 13.8. The lowest BCUT2D eigenvalue weighted by molar-refractivity contribution is 0.334. The molecule has 1 aliphatic heterocycles. The zero-order valence-corrected chi connectivity index (χ0v) is 12.8. The second-order valence-electron chi connectivity index (χ2n) is 5.18. The number of anilines is 1. The number of hydrogen-bond acceptors (Lipinski definition) is 3. The van der Waals surface area contributed by atoms with Gasteiger partial charge in [-0.3, -0.25) is 0 Å². The molecular weight excluding hydrogens is 290 g/mol. The minimum absolute atomic E-state index is 0.441. The lowest BCUT2D eigenvalue weighted by Gasteiger charge is -2.40. The van der Waals surface area contributed by atoms with Crippen molar-refractivity contribution in [3.63, 3.8) is 0 Å². The van der Waals surface area contributed by atoms with Gasteiger partial charge < -0.3 is 10.6 Å². The number of nitrogens with two attached hydrogens (primary N) is 1. The number of nitrogens with zero attached hydrogens (tertiary/aromatic N) is 2. The molecule has 0 amide bonds. The van der Waals surface area contributed by atoms with Crippen LogP contribution in [0.1, 0.15) is 31.7 Å². The molecule has 2 heterocycles. The molecule has 2 atom stereocenters. The van der Waals surface area contributed by atoms with Gasteiger partial charge in [-0.15, -0.1) is 0 Å². The van der Waals surface area contributed by atoms with Crippen molar-refractivity contribution < 1.29 is 0 Å². The molecule has 0 bridgehead atoms. The van der Waals surface area contributed by atoms with Gasteiger partial charge in [0.2, 0.25) is 0 Å².